The molecule has 0 amide bonds. The van der Waals surface area contributed by atoms with Gasteiger partial charge in [-0.1, -0.05) is 0 Å². The van der Waals surface area contributed by atoms with Crippen LogP contribution in [0.5, 0.6) is 5.75 Å². The summed E-state index contributed by atoms with van der Waals surface area (Å²) < 4.78 is 24.0. The summed E-state index contributed by atoms with van der Waals surface area (Å²) in [6.07, 6.45) is 1.91. The van der Waals surface area contributed by atoms with Crippen LogP contribution in [-0.4, -0.2) is 19.3 Å². The highest BCUT2D eigenvalue weighted by Crippen LogP contribution is 2.23. The van der Waals surface area contributed by atoms with Crippen LogP contribution in [0.4, 0.5) is 4.39 Å². The molecular weight excluding hydrogens is 209 g/mol. The van der Waals surface area contributed by atoms with E-state index in [4.69, 9.17) is 15.2 Å². The summed E-state index contributed by atoms with van der Waals surface area (Å²) in [6, 6.07) is 4.47. The van der Waals surface area contributed by atoms with Gasteiger partial charge in [0.1, 0.15) is 17.7 Å². The molecular formula is C12H16FNO2. The Morgan fingerprint density at radius 2 is 2.12 bits per heavy atom. The van der Waals surface area contributed by atoms with Gasteiger partial charge < -0.3 is 15.2 Å². The molecule has 4 heteroatoms. The zero-order valence-corrected chi connectivity index (χ0v) is 9.12. The lowest BCUT2D eigenvalue weighted by Gasteiger charge is -2.24. The molecule has 88 valence electrons. The average Bonchev–Trinajstić information content (AvgIpc) is 2.33. The molecule has 0 atom stereocenters. The predicted molar refractivity (Wildman–Crippen MR) is 58.8 cm³/mol. The summed E-state index contributed by atoms with van der Waals surface area (Å²) in [6.45, 7) is 1.74. The second-order valence-electron chi connectivity index (χ2n) is 3.89. The van der Waals surface area contributed by atoms with E-state index >= 15 is 0 Å². The Hall–Kier alpha value is -1.13. The molecule has 0 aliphatic carbocycles. The fraction of sp³-hybridized carbons (Fsp3) is 0.500. The van der Waals surface area contributed by atoms with Crippen LogP contribution in [-0.2, 0) is 11.3 Å². The molecule has 3 nitrogen and oxygen atoms in total. The molecule has 0 spiro atoms. The molecule has 2 rings (SSSR count). The molecule has 16 heavy (non-hydrogen) atoms. The van der Waals surface area contributed by atoms with Gasteiger partial charge in [-0.3, -0.25) is 0 Å². The second kappa shape index (κ2) is 5.27. The van der Waals surface area contributed by atoms with Crippen LogP contribution < -0.4 is 10.5 Å². The molecule has 0 bridgehead atoms. The van der Waals surface area contributed by atoms with E-state index in [2.05, 4.69) is 0 Å². The number of hydrogen-bond acceptors (Lipinski definition) is 3. The molecule has 0 saturated carbocycles. The van der Waals surface area contributed by atoms with E-state index in [0.717, 1.165) is 26.1 Å². The highest BCUT2D eigenvalue weighted by Gasteiger charge is 2.16. The maximum atomic E-state index is 13.0. The first-order chi connectivity index (χ1) is 7.79. The van der Waals surface area contributed by atoms with Gasteiger partial charge in [0.25, 0.3) is 0 Å². The van der Waals surface area contributed by atoms with Crippen molar-refractivity contribution < 1.29 is 13.9 Å². The summed E-state index contributed by atoms with van der Waals surface area (Å²) in [7, 11) is 0. The van der Waals surface area contributed by atoms with Gasteiger partial charge in [0, 0.05) is 24.9 Å². The largest absolute Gasteiger partial charge is 0.490 e. The molecule has 0 aromatic heterocycles. The van der Waals surface area contributed by atoms with E-state index in [1.165, 1.54) is 12.1 Å². The Balaban J connectivity index is 2.07. The van der Waals surface area contributed by atoms with Gasteiger partial charge in [0.2, 0.25) is 0 Å². The van der Waals surface area contributed by atoms with Gasteiger partial charge in [-0.2, -0.15) is 0 Å². The molecule has 0 radical (unpaired) electrons. The fourth-order valence-corrected chi connectivity index (χ4v) is 1.80. The lowest BCUT2D eigenvalue weighted by atomic mass is 10.1. The number of ether oxygens (including phenoxy) is 2. The van der Waals surface area contributed by atoms with Gasteiger partial charge in [0.15, 0.2) is 0 Å². The van der Waals surface area contributed by atoms with E-state index in [9.17, 15) is 4.39 Å². The molecule has 2 N–H and O–H groups in total. The fourth-order valence-electron chi connectivity index (χ4n) is 1.80. The van der Waals surface area contributed by atoms with Crippen molar-refractivity contribution in [3.63, 3.8) is 0 Å². The van der Waals surface area contributed by atoms with Crippen molar-refractivity contribution in [2.75, 3.05) is 13.2 Å². The number of rotatable bonds is 3. The summed E-state index contributed by atoms with van der Waals surface area (Å²) in [5.41, 5.74) is 6.27. The Labute approximate surface area is 94.3 Å². The van der Waals surface area contributed by atoms with Crippen LogP contribution in [0.1, 0.15) is 18.4 Å². The summed E-state index contributed by atoms with van der Waals surface area (Å²) >= 11 is 0. The van der Waals surface area contributed by atoms with Crippen molar-refractivity contribution >= 4 is 0 Å². The van der Waals surface area contributed by atoms with Crippen LogP contribution in [0.3, 0.4) is 0 Å². The Kier molecular flexibility index (Phi) is 3.74. The third-order valence-corrected chi connectivity index (χ3v) is 2.70. The van der Waals surface area contributed by atoms with Crippen molar-refractivity contribution in [3.05, 3.63) is 29.6 Å². The van der Waals surface area contributed by atoms with E-state index in [-0.39, 0.29) is 18.5 Å². The molecule has 1 aromatic rings. The molecule has 0 unspecified atom stereocenters. The minimum atomic E-state index is -0.278. The standard InChI is InChI=1S/C12H16FNO2/c13-10-1-2-12(9(7-10)8-14)16-11-3-5-15-6-4-11/h1-2,7,11H,3-6,8,14H2. The van der Waals surface area contributed by atoms with Crippen molar-refractivity contribution in [1.82, 2.24) is 0 Å². The van der Waals surface area contributed by atoms with Crippen LogP contribution in [0.15, 0.2) is 18.2 Å². The first-order valence-corrected chi connectivity index (χ1v) is 5.52. The van der Waals surface area contributed by atoms with Gasteiger partial charge in [-0.25, -0.2) is 4.39 Å². The Morgan fingerprint density at radius 3 is 2.81 bits per heavy atom. The van der Waals surface area contributed by atoms with Crippen molar-refractivity contribution in [1.29, 1.82) is 0 Å². The molecule has 1 fully saturated rings. The molecule has 1 heterocycles. The van der Waals surface area contributed by atoms with Crippen molar-refractivity contribution in [2.24, 2.45) is 5.73 Å². The number of benzene rings is 1. The monoisotopic (exact) mass is 225 g/mol. The minimum absolute atomic E-state index is 0.157. The maximum absolute atomic E-state index is 13.0. The van der Waals surface area contributed by atoms with Crippen LogP contribution in [0.2, 0.25) is 0 Å². The minimum Gasteiger partial charge on any atom is -0.490 e. The topological polar surface area (TPSA) is 44.5 Å². The summed E-state index contributed by atoms with van der Waals surface area (Å²) in [5, 5.41) is 0. The zero-order valence-electron chi connectivity index (χ0n) is 9.12. The normalized spacial score (nSPS) is 17.4. The van der Waals surface area contributed by atoms with E-state index in [1.54, 1.807) is 6.07 Å². The summed E-state index contributed by atoms with van der Waals surface area (Å²) in [5.74, 6) is 0.413. The number of nitrogens with two attached hydrogens (primary N) is 1. The first kappa shape index (κ1) is 11.4. The van der Waals surface area contributed by atoms with Gasteiger partial charge >= 0.3 is 0 Å². The third kappa shape index (κ3) is 2.71. The highest BCUT2D eigenvalue weighted by molar-refractivity contribution is 5.34. The SMILES string of the molecule is NCc1cc(F)ccc1OC1CCOCC1. The number of halogens is 1. The van der Waals surface area contributed by atoms with E-state index in [0.29, 0.717) is 11.3 Å². The lowest BCUT2D eigenvalue weighted by molar-refractivity contribution is 0.0251. The van der Waals surface area contributed by atoms with Crippen LogP contribution >= 0.6 is 0 Å². The van der Waals surface area contributed by atoms with E-state index in [1.807, 2.05) is 0 Å². The Morgan fingerprint density at radius 1 is 1.38 bits per heavy atom. The molecule has 1 aliphatic heterocycles. The highest BCUT2D eigenvalue weighted by atomic mass is 19.1. The van der Waals surface area contributed by atoms with E-state index < -0.39 is 0 Å². The number of hydrogen-bond donors (Lipinski definition) is 1. The predicted octanol–water partition coefficient (Wildman–Crippen LogP) is 1.84. The summed E-state index contributed by atoms with van der Waals surface area (Å²) in [4.78, 5) is 0. The Bertz CT molecular complexity index is 351. The molecule has 1 saturated heterocycles. The van der Waals surface area contributed by atoms with Crippen LogP contribution in [0.25, 0.3) is 0 Å². The quantitative estimate of drug-likeness (QED) is 0.853. The van der Waals surface area contributed by atoms with Crippen molar-refractivity contribution in [3.8, 4) is 5.75 Å². The third-order valence-electron chi connectivity index (χ3n) is 2.70. The smallest absolute Gasteiger partial charge is 0.124 e. The zero-order chi connectivity index (χ0) is 11.4. The van der Waals surface area contributed by atoms with Crippen molar-refractivity contribution in [2.45, 2.75) is 25.5 Å². The first-order valence-electron chi connectivity index (χ1n) is 5.52. The van der Waals surface area contributed by atoms with Gasteiger partial charge in [0.05, 0.1) is 13.2 Å². The molecule has 1 aromatic carbocycles. The van der Waals surface area contributed by atoms with Gasteiger partial charge in [-0.05, 0) is 18.2 Å². The second-order valence-corrected chi connectivity index (χ2v) is 3.89. The molecule has 1 aliphatic rings. The lowest BCUT2D eigenvalue weighted by Crippen LogP contribution is -2.26. The van der Waals surface area contributed by atoms with Gasteiger partial charge in [-0.15, -0.1) is 0 Å². The maximum Gasteiger partial charge on any atom is 0.124 e. The average molecular weight is 225 g/mol. The van der Waals surface area contributed by atoms with Crippen LogP contribution in [0, 0.1) is 5.82 Å².